The topological polar surface area (TPSA) is 67.4 Å². The third-order valence-electron chi connectivity index (χ3n) is 5.23. The molecule has 0 aliphatic heterocycles. The van der Waals surface area contributed by atoms with E-state index in [9.17, 15) is 9.59 Å². The van der Waals surface area contributed by atoms with E-state index >= 15 is 0 Å². The van der Waals surface area contributed by atoms with Crippen molar-refractivity contribution in [3.8, 4) is 28.4 Å². The van der Waals surface area contributed by atoms with Crippen molar-refractivity contribution in [3.63, 3.8) is 0 Å². The first-order valence-electron chi connectivity index (χ1n) is 9.65. The molecule has 30 heavy (non-hydrogen) atoms. The summed E-state index contributed by atoms with van der Waals surface area (Å²) in [6.07, 6.45) is 1.82. The molecule has 4 rings (SSSR count). The first kappa shape index (κ1) is 19.6. The molecule has 0 aliphatic rings. The van der Waals surface area contributed by atoms with Crippen LogP contribution in [0.4, 0.5) is 0 Å². The van der Waals surface area contributed by atoms with Gasteiger partial charge in [-0.2, -0.15) is 0 Å². The van der Waals surface area contributed by atoms with Crippen molar-refractivity contribution >= 4 is 10.9 Å². The molecule has 0 unspecified atom stereocenters. The normalized spacial score (nSPS) is 11.1. The van der Waals surface area contributed by atoms with E-state index < -0.39 is 0 Å². The second kappa shape index (κ2) is 7.59. The van der Waals surface area contributed by atoms with Gasteiger partial charge in [-0.15, -0.1) is 0 Å². The van der Waals surface area contributed by atoms with Crippen LogP contribution in [-0.4, -0.2) is 27.4 Å². The Morgan fingerprint density at radius 1 is 0.933 bits per heavy atom. The van der Waals surface area contributed by atoms with Gasteiger partial charge in [-0.1, -0.05) is 12.1 Å². The molecule has 2 heterocycles. The number of ether oxygens (including phenoxy) is 2. The molecule has 2 aromatic carbocycles. The second-order valence-electron chi connectivity index (χ2n) is 6.94. The SMILES string of the molecule is CCOc1ccccc1-n1cc2c(c1-c1ccc(OC)cc1)c(=O)n(C)c(=O)n2C. The molecule has 0 bridgehead atoms. The van der Waals surface area contributed by atoms with Crippen LogP contribution in [-0.2, 0) is 14.1 Å². The molecule has 0 atom stereocenters. The van der Waals surface area contributed by atoms with Gasteiger partial charge >= 0.3 is 5.69 Å². The van der Waals surface area contributed by atoms with Crippen LogP contribution in [0, 0.1) is 0 Å². The van der Waals surface area contributed by atoms with Crippen molar-refractivity contribution < 1.29 is 9.47 Å². The number of para-hydroxylation sites is 2. The summed E-state index contributed by atoms with van der Waals surface area (Å²) in [6, 6.07) is 15.1. The summed E-state index contributed by atoms with van der Waals surface area (Å²) in [5.41, 5.74) is 2.15. The quantitative estimate of drug-likeness (QED) is 0.512. The Labute approximate surface area is 173 Å². The maximum atomic E-state index is 13.2. The number of fused-ring (bicyclic) bond motifs is 1. The van der Waals surface area contributed by atoms with E-state index in [-0.39, 0.29) is 11.2 Å². The van der Waals surface area contributed by atoms with Crippen molar-refractivity contribution in [2.24, 2.45) is 14.1 Å². The van der Waals surface area contributed by atoms with Gasteiger partial charge in [0, 0.05) is 20.3 Å². The molecule has 0 saturated carbocycles. The molecule has 0 aliphatic carbocycles. The number of methoxy groups -OCH3 is 1. The van der Waals surface area contributed by atoms with Crippen molar-refractivity contribution in [2.75, 3.05) is 13.7 Å². The van der Waals surface area contributed by atoms with Gasteiger partial charge in [-0.25, -0.2) is 4.79 Å². The molecular weight excluding hydrogens is 382 g/mol. The Balaban J connectivity index is 2.15. The molecule has 4 aromatic rings. The summed E-state index contributed by atoms with van der Waals surface area (Å²) >= 11 is 0. The summed E-state index contributed by atoms with van der Waals surface area (Å²) < 4.78 is 15.6. The first-order chi connectivity index (χ1) is 14.5. The minimum atomic E-state index is -0.371. The highest BCUT2D eigenvalue weighted by molar-refractivity contribution is 5.95. The van der Waals surface area contributed by atoms with Gasteiger partial charge in [-0.05, 0) is 48.9 Å². The minimum absolute atomic E-state index is 0.341. The summed E-state index contributed by atoms with van der Waals surface area (Å²) in [5.74, 6) is 1.41. The Morgan fingerprint density at radius 3 is 2.30 bits per heavy atom. The third-order valence-corrected chi connectivity index (χ3v) is 5.23. The number of hydrogen-bond donors (Lipinski definition) is 0. The van der Waals surface area contributed by atoms with Crippen molar-refractivity contribution in [2.45, 2.75) is 6.92 Å². The largest absolute Gasteiger partial charge is 0.497 e. The van der Waals surface area contributed by atoms with E-state index in [1.165, 1.54) is 11.6 Å². The highest BCUT2D eigenvalue weighted by Gasteiger charge is 2.21. The predicted molar refractivity (Wildman–Crippen MR) is 117 cm³/mol. The molecule has 0 radical (unpaired) electrons. The Hall–Kier alpha value is -3.74. The standard InChI is InChI=1S/C23H23N3O4/c1-5-30-19-9-7-6-8-17(19)26-14-18-20(22(27)25(3)23(28)24(18)2)21(26)15-10-12-16(29-4)13-11-15/h6-14H,5H2,1-4H3. The van der Waals surface area contributed by atoms with Gasteiger partial charge < -0.3 is 14.0 Å². The molecule has 2 aromatic heterocycles. The lowest BCUT2D eigenvalue weighted by molar-refractivity contribution is 0.339. The lowest BCUT2D eigenvalue weighted by Gasteiger charge is -2.14. The van der Waals surface area contributed by atoms with Crippen molar-refractivity contribution in [3.05, 3.63) is 75.6 Å². The van der Waals surface area contributed by atoms with Crippen LogP contribution in [0.25, 0.3) is 27.8 Å². The molecule has 0 fully saturated rings. The monoisotopic (exact) mass is 405 g/mol. The number of aromatic nitrogens is 3. The van der Waals surface area contributed by atoms with Crippen LogP contribution in [0.5, 0.6) is 11.5 Å². The van der Waals surface area contributed by atoms with E-state index in [4.69, 9.17) is 9.47 Å². The van der Waals surface area contributed by atoms with E-state index in [0.29, 0.717) is 29.0 Å². The minimum Gasteiger partial charge on any atom is -0.497 e. The van der Waals surface area contributed by atoms with Gasteiger partial charge in [-0.3, -0.25) is 13.9 Å². The zero-order valence-corrected chi connectivity index (χ0v) is 17.4. The van der Waals surface area contributed by atoms with Crippen molar-refractivity contribution in [1.82, 2.24) is 13.7 Å². The summed E-state index contributed by atoms with van der Waals surface area (Å²) in [6.45, 7) is 2.43. The summed E-state index contributed by atoms with van der Waals surface area (Å²) in [7, 11) is 4.77. The summed E-state index contributed by atoms with van der Waals surface area (Å²) in [4.78, 5) is 25.7. The molecule has 7 nitrogen and oxygen atoms in total. The molecule has 0 N–H and O–H groups in total. The first-order valence-corrected chi connectivity index (χ1v) is 9.65. The third kappa shape index (κ3) is 2.99. The Kier molecular flexibility index (Phi) is 4.95. The number of nitrogens with zero attached hydrogens (tertiary/aromatic N) is 3. The van der Waals surface area contributed by atoms with E-state index in [1.807, 2.05) is 66.2 Å². The van der Waals surface area contributed by atoms with Crippen LogP contribution in [0.15, 0.2) is 64.3 Å². The summed E-state index contributed by atoms with van der Waals surface area (Å²) in [5, 5.41) is 0.469. The highest BCUT2D eigenvalue weighted by atomic mass is 16.5. The average Bonchev–Trinajstić information content (AvgIpc) is 3.17. The fraction of sp³-hybridized carbons (Fsp3) is 0.217. The van der Waals surface area contributed by atoms with E-state index in [0.717, 1.165) is 21.6 Å². The van der Waals surface area contributed by atoms with Crippen LogP contribution in [0.2, 0.25) is 0 Å². The maximum Gasteiger partial charge on any atom is 0.330 e. The van der Waals surface area contributed by atoms with Gasteiger partial charge in [0.2, 0.25) is 0 Å². The zero-order valence-electron chi connectivity index (χ0n) is 17.4. The molecule has 0 amide bonds. The lowest BCUT2D eigenvalue weighted by atomic mass is 10.1. The molecular formula is C23H23N3O4. The number of aryl methyl sites for hydroxylation is 1. The maximum absolute atomic E-state index is 13.2. The predicted octanol–water partition coefficient (Wildman–Crippen LogP) is 3.10. The van der Waals surface area contributed by atoms with Crippen LogP contribution < -0.4 is 20.7 Å². The van der Waals surface area contributed by atoms with Gasteiger partial charge in [0.05, 0.1) is 36.0 Å². The average molecular weight is 405 g/mol. The molecule has 7 heteroatoms. The Morgan fingerprint density at radius 2 is 1.63 bits per heavy atom. The number of hydrogen-bond acceptors (Lipinski definition) is 4. The lowest BCUT2D eigenvalue weighted by Crippen LogP contribution is -2.36. The Bertz CT molecular complexity index is 1340. The van der Waals surface area contributed by atoms with E-state index in [2.05, 4.69) is 0 Å². The smallest absolute Gasteiger partial charge is 0.330 e. The van der Waals surface area contributed by atoms with Crippen LogP contribution >= 0.6 is 0 Å². The van der Waals surface area contributed by atoms with Crippen LogP contribution in [0.1, 0.15) is 6.92 Å². The van der Waals surface area contributed by atoms with Gasteiger partial charge in [0.25, 0.3) is 5.56 Å². The van der Waals surface area contributed by atoms with Gasteiger partial charge in [0.15, 0.2) is 0 Å². The molecule has 0 saturated heterocycles. The van der Waals surface area contributed by atoms with Gasteiger partial charge in [0.1, 0.15) is 11.5 Å². The molecule has 0 spiro atoms. The fourth-order valence-electron chi connectivity index (χ4n) is 3.70. The fourth-order valence-corrected chi connectivity index (χ4v) is 3.70. The second-order valence-corrected chi connectivity index (χ2v) is 6.94. The number of rotatable bonds is 5. The molecule has 154 valence electrons. The van der Waals surface area contributed by atoms with Crippen LogP contribution in [0.3, 0.4) is 0 Å². The zero-order chi connectivity index (χ0) is 21.4. The van der Waals surface area contributed by atoms with E-state index in [1.54, 1.807) is 14.2 Å². The van der Waals surface area contributed by atoms with Crippen molar-refractivity contribution in [1.29, 1.82) is 0 Å². The highest BCUT2D eigenvalue weighted by Crippen LogP contribution is 2.34. The number of benzene rings is 2.